The zero-order valence-electron chi connectivity index (χ0n) is 11.4. The number of carbonyl (C=O) groups excluding carboxylic acids is 1. The Labute approximate surface area is 119 Å². The number of halogens is 1. The summed E-state index contributed by atoms with van der Waals surface area (Å²) < 4.78 is 4.93. The normalized spacial score (nSPS) is 13.9. The van der Waals surface area contributed by atoms with Gasteiger partial charge in [-0.25, -0.2) is 0 Å². The number of methoxy groups -OCH3 is 1. The van der Waals surface area contributed by atoms with Gasteiger partial charge in [0.05, 0.1) is 12.1 Å². The zero-order valence-corrected chi connectivity index (χ0v) is 12.1. The summed E-state index contributed by atoms with van der Waals surface area (Å²) in [5.41, 5.74) is 6.78. The van der Waals surface area contributed by atoms with Crippen molar-refractivity contribution in [3.05, 3.63) is 34.9 Å². The van der Waals surface area contributed by atoms with E-state index >= 15 is 0 Å². The Bertz CT molecular complexity index is 412. The SMILES string of the molecule is COCCCC(N)C(=O)N[C@H](C)c1cccc(Cl)c1. The van der Waals surface area contributed by atoms with Gasteiger partial charge in [-0.1, -0.05) is 23.7 Å². The Morgan fingerprint density at radius 2 is 2.26 bits per heavy atom. The van der Waals surface area contributed by atoms with Crippen LogP contribution >= 0.6 is 11.6 Å². The molecule has 1 aromatic rings. The Morgan fingerprint density at radius 1 is 1.53 bits per heavy atom. The molecule has 19 heavy (non-hydrogen) atoms. The fraction of sp³-hybridized carbons (Fsp3) is 0.500. The summed E-state index contributed by atoms with van der Waals surface area (Å²) in [5.74, 6) is -0.149. The number of hydrogen-bond acceptors (Lipinski definition) is 3. The first-order valence-electron chi connectivity index (χ1n) is 6.35. The number of carbonyl (C=O) groups is 1. The molecule has 0 bridgehead atoms. The topological polar surface area (TPSA) is 64.3 Å². The maximum absolute atomic E-state index is 11.9. The second-order valence-corrected chi connectivity index (χ2v) is 4.96. The third-order valence-electron chi connectivity index (χ3n) is 2.91. The number of rotatable bonds is 7. The number of benzene rings is 1. The largest absolute Gasteiger partial charge is 0.385 e. The number of hydrogen-bond donors (Lipinski definition) is 2. The monoisotopic (exact) mass is 284 g/mol. The lowest BCUT2D eigenvalue weighted by Gasteiger charge is -2.18. The van der Waals surface area contributed by atoms with Crippen LogP contribution in [0.25, 0.3) is 0 Å². The minimum absolute atomic E-state index is 0.111. The van der Waals surface area contributed by atoms with E-state index in [1.54, 1.807) is 13.2 Å². The van der Waals surface area contributed by atoms with Crippen molar-refractivity contribution in [3.8, 4) is 0 Å². The molecule has 2 atom stereocenters. The van der Waals surface area contributed by atoms with Gasteiger partial charge in [-0.2, -0.15) is 0 Å². The van der Waals surface area contributed by atoms with Crippen molar-refractivity contribution in [1.82, 2.24) is 5.32 Å². The van der Waals surface area contributed by atoms with Crippen LogP contribution in [0.4, 0.5) is 0 Å². The summed E-state index contributed by atoms with van der Waals surface area (Å²) in [6.07, 6.45) is 1.39. The molecule has 106 valence electrons. The predicted molar refractivity (Wildman–Crippen MR) is 77.1 cm³/mol. The second kappa shape index (κ2) is 8.15. The average molecular weight is 285 g/mol. The van der Waals surface area contributed by atoms with Crippen molar-refractivity contribution in [1.29, 1.82) is 0 Å². The molecule has 0 aliphatic carbocycles. The molecule has 5 heteroatoms. The van der Waals surface area contributed by atoms with Crippen LogP contribution in [0.15, 0.2) is 24.3 Å². The summed E-state index contributed by atoms with van der Waals surface area (Å²) in [7, 11) is 1.63. The van der Waals surface area contributed by atoms with Crippen LogP contribution in [-0.4, -0.2) is 25.7 Å². The predicted octanol–water partition coefficient (Wildman–Crippen LogP) is 2.27. The fourth-order valence-corrected chi connectivity index (χ4v) is 1.96. The smallest absolute Gasteiger partial charge is 0.237 e. The average Bonchev–Trinajstić information content (AvgIpc) is 2.38. The highest BCUT2D eigenvalue weighted by atomic mass is 35.5. The molecule has 0 spiro atoms. The van der Waals surface area contributed by atoms with Crippen LogP contribution < -0.4 is 11.1 Å². The molecule has 4 nitrogen and oxygen atoms in total. The van der Waals surface area contributed by atoms with Gasteiger partial charge in [0.2, 0.25) is 5.91 Å². The lowest BCUT2D eigenvalue weighted by atomic mass is 10.1. The van der Waals surface area contributed by atoms with Crippen LogP contribution in [0.3, 0.4) is 0 Å². The van der Waals surface area contributed by atoms with Crippen molar-refractivity contribution in [2.45, 2.75) is 31.8 Å². The first-order valence-corrected chi connectivity index (χ1v) is 6.72. The van der Waals surface area contributed by atoms with Crippen LogP contribution in [0.5, 0.6) is 0 Å². The third kappa shape index (κ3) is 5.59. The molecule has 0 aliphatic rings. The van der Waals surface area contributed by atoms with Crippen LogP contribution in [-0.2, 0) is 9.53 Å². The molecule has 1 aromatic carbocycles. The minimum atomic E-state index is -0.503. The molecule has 3 N–H and O–H groups in total. The molecule has 1 amide bonds. The number of amides is 1. The number of nitrogens with two attached hydrogens (primary N) is 1. The molecule has 1 unspecified atom stereocenters. The van der Waals surface area contributed by atoms with Gasteiger partial charge in [-0.05, 0) is 37.5 Å². The van der Waals surface area contributed by atoms with Crippen LogP contribution in [0.2, 0.25) is 5.02 Å². The van der Waals surface area contributed by atoms with Crippen molar-refractivity contribution >= 4 is 17.5 Å². The van der Waals surface area contributed by atoms with Crippen LogP contribution in [0.1, 0.15) is 31.4 Å². The maximum atomic E-state index is 11.9. The van der Waals surface area contributed by atoms with Gasteiger partial charge in [0.25, 0.3) is 0 Å². The molecule has 0 radical (unpaired) electrons. The molecule has 0 fully saturated rings. The van der Waals surface area contributed by atoms with Crippen molar-refractivity contribution < 1.29 is 9.53 Å². The van der Waals surface area contributed by atoms with E-state index in [4.69, 9.17) is 22.1 Å². The molecule has 0 saturated carbocycles. The van der Waals surface area contributed by atoms with Gasteiger partial charge in [-0.15, -0.1) is 0 Å². The van der Waals surface area contributed by atoms with E-state index in [2.05, 4.69) is 5.32 Å². The van der Waals surface area contributed by atoms with Gasteiger partial charge in [0.1, 0.15) is 0 Å². The molecule has 0 heterocycles. The highest BCUT2D eigenvalue weighted by Crippen LogP contribution is 2.17. The van der Waals surface area contributed by atoms with Gasteiger partial charge in [0, 0.05) is 18.7 Å². The first-order chi connectivity index (χ1) is 9.04. The quantitative estimate of drug-likeness (QED) is 0.755. The molecule has 0 saturated heterocycles. The Balaban J connectivity index is 2.47. The third-order valence-corrected chi connectivity index (χ3v) is 3.14. The van der Waals surface area contributed by atoms with E-state index in [1.807, 2.05) is 25.1 Å². The van der Waals surface area contributed by atoms with Gasteiger partial charge < -0.3 is 15.8 Å². The van der Waals surface area contributed by atoms with Crippen molar-refractivity contribution in [2.24, 2.45) is 5.73 Å². The fourth-order valence-electron chi connectivity index (χ4n) is 1.76. The van der Waals surface area contributed by atoms with Crippen molar-refractivity contribution in [3.63, 3.8) is 0 Å². The highest BCUT2D eigenvalue weighted by molar-refractivity contribution is 6.30. The lowest BCUT2D eigenvalue weighted by molar-refractivity contribution is -0.123. The van der Waals surface area contributed by atoms with E-state index in [0.29, 0.717) is 18.1 Å². The number of nitrogens with one attached hydrogen (secondary N) is 1. The van der Waals surface area contributed by atoms with E-state index in [1.165, 1.54) is 0 Å². The molecular weight excluding hydrogens is 264 g/mol. The summed E-state index contributed by atoms with van der Waals surface area (Å²) in [4.78, 5) is 11.9. The van der Waals surface area contributed by atoms with E-state index in [-0.39, 0.29) is 11.9 Å². The highest BCUT2D eigenvalue weighted by Gasteiger charge is 2.16. The summed E-state index contributed by atoms with van der Waals surface area (Å²) in [6, 6.07) is 6.81. The second-order valence-electron chi connectivity index (χ2n) is 4.53. The summed E-state index contributed by atoms with van der Waals surface area (Å²) in [5, 5.41) is 3.54. The number of ether oxygens (including phenoxy) is 1. The molecule has 0 aliphatic heterocycles. The summed E-state index contributed by atoms with van der Waals surface area (Å²) in [6.45, 7) is 2.52. The lowest BCUT2D eigenvalue weighted by Crippen LogP contribution is -2.41. The molecular formula is C14H21ClN2O2. The summed E-state index contributed by atoms with van der Waals surface area (Å²) >= 11 is 5.92. The molecule has 1 rings (SSSR count). The van der Waals surface area contributed by atoms with E-state index < -0.39 is 6.04 Å². The van der Waals surface area contributed by atoms with Crippen LogP contribution in [0, 0.1) is 0 Å². The Kier molecular flexibility index (Phi) is 6.84. The van der Waals surface area contributed by atoms with Gasteiger partial charge >= 0.3 is 0 Å². The van der Waals surface area contributed by atoms with E-state index in [0.717, 1.165) is 12.0 Å². The molecule has 0 aromatic heterocycles. The Morgan fingerprint density at radius 3 is 2.89 bits per heavy atom. The van der Waals surface area contributed by atoms with Gasteiger partial charge in [0.15, 0.2) is 0 Å². The zero-order chi connectivity index (χ0) is 14.3. The standard InChI is InChI=1S/C14H21ClN2O2/c1-10(11-5-3-6-12(15)9-11)17-14(18)13(16)7-4-8-19-2/h3,5-6,9-10,13H,4,7-8,16H2,1-2H3,(H,17,18)/t10-,13?/m1/s1. The van der Waals surface area contributed by atoms with E-state index in [9.17, 15) is 4.79 Å². The minimum Gasteiger partial charge on any atom is -0.385 e. The maximum Gasteiger partial charge on any atom is 0.237 e. The Hall–Kier alpha value is -1.10. The van der Waals surface area contributed by atoms with Gasteiger partial charge in [-0.3, -0.25) is 4.79 Å². The first kappa shape index (κ1) is 16.0. The van der Waals surface area contributed by atoms with Crippen molar-refractivity contribution in [2.75, 3.05) is 13.7 Å².